The smallest absolute Gasteiger partial charge is 0.225 e. The molecule has 1 fully saturated rings. The van der Waals surface area contributed by atoms with Crippen LogP contribution >= 0.6 is 0 Å². The predicted octanol–water partition coefficient (Wildman–Crippen LogP) is 3.20. The number of carbonyl (C=O) groups excluding carboxylic acids is 1. The first-order valence-electron chi connectivity index (χ1n) is 7.58. The lowest BCUT2D eigenvalue weighted by Gasteiger charge is -2.39. The van der Waals surface area contributed by atoms with Crippen LogP contribution in [0, 0.1) is 17.2 Å². The third-order valence-electron chi connectivity index (χ3n) is 3.87. The second-order valence-corrected chi connectivity index (χ2v) is 7.12. The van der Waals surface area contributed by atoms with Gasteiger partial charge in [0, 0.05) is 24.5 Å². The van der Waals surface area contributed by atoms with Gasteiger partial charge in [-0.1, -0.05) is 39.8 Å². The molecule has 1 heterocycles. The third-order valence-corrected chi connectivity index (χ3v) is 3.87. The number of para-hydroxylation sites is 1. The van der Waals surface area contributed by atoms with Crippen LogP contribution in [-0.4, -0.2) is 25.0 Å². The predicted molar refractivity (Wildman–Crippen MR) is 83.8 cm³/mol. The van der Waals surface area contributed by atoms with Crippen molar-refractivity contribution in [1.82, 2.24) is 5.32 Å². The van der Waals surface area contributed by atoms with Crippen LogP contribution < -0.4 is 10.2 Å². The molecular formula is C17H25FN2O. The summed E-state index contributed by atoms with van der Waals surface area (Å²) in [5.41, 5.74) is 0.225. The van der Waals surface area contributed by atoms with Gasteiger partial charge >= 0.3 is 0 Å². The highest BCUT2D eigenvalue weighted by Gasteiger charge is 2.30. The van der Waals surface area contributed by atoms with E-state index in [-0.39, 0.29) is 17.8 Å². The summed E-state index contributed by atoms with van der Waals surface area (Å²) in [6.07, 6.45) is 0.937. The van der Waals surface area contributed by atoms with Crippen LogP contribution in [0.4, 0.5) is 10.1 Å². The minimum Gasteiger partial charge on any atom is -0.367 e. The normalized spacial score (nSPS) is 23.0. The summed E-state index contributed by atoms with van der Waals surface area (Å²) in [6.45, 7) is 9.34. The summed E-state index contributed by atoms with van der Waals surface area (Å²) in [7, 11) is 0. The highest BCUT2D eigenvalue weighted by molar-refractivity contribution is 5.81. The van der Waals surface area contributed by atoms with Gasteiger partial charge in [-0.05, 0) is 24.5 Å². The Morgan fingerprint density at radius 2 is 1.95 bits per heavy atom. The first-order chi connectivity index (χ1) is 9.77. The molecule has 1 aromatic rings. The zero-order valence-corrected chi connectivity index (χ0v) is 13.3. The van der Waals surface area contributed by atoms with E-state index in [9.17, 15) is 9.18 Å². The number of halogens is 1. The summed E-state index contributed by atoms with van der Waals surface area (Å²) in [4.78, 5) is 14.2. The van der Waals surface area contributed by atoms with Crippen molar-refractivity contribution in [2.24, 2.45) is 11.3 Å². The molecule has 0 spiro atoms. The van der Waals surface area contributed by atoms with Gasteiger partial charge in [0.05, 0.1) is 5.69 Å². The van der Waals surface area contributed by atoms with Crippen LogP contribution in [-0.2, 0) is 4.79 Å². The van der Waals surface area contributed by atoms with Crippen LogP contribution in [0.1, 0.15) is 34.1 Å². The maximum atomic E-state index is 14.0. The Hall–Kier alpha value is -1.58. The van der Waals surface area contributed by atoms with Gasteiger partial charge in [0.1, 0.15) is 5.82 Å². The molecule has 2 rings (SSSR count). The van der Waals surface area contributed by atoms with E-state index >= 15 is 0 Å². The maximum absolute atomic E-state index is 14.0. The molecule has 0 bridgehead atoms. The number of hydrogen-bond donors (Lipinski definition) is 1. The van der Waals surface area contributed by atoms with Crippen molar-refractivity contribution >= 4 is 11.6 Å². The van der Waals surface area contributed by atoms with Gasteiger partial charge in [-0.3, -0.25) is 4.79 Å². The average molecular weight is 292 g/mol. The second kappa shape index (κ2) is 6.04. The SMILES string of the molecule is CC1CC(NC(=O)C(C)(C)C)CN(c2ccccc2F)C1. The van der Waals surface area contributed by atoms with Gasteiger partial charge in [-0.2, -0.15) is 0 Å². The van der Waals surface area contributed by atoms with E-state index in [0.717, 1.165) is 13.0 Å². The molecule has 1 N–H and O–H groups in total. The van der Waals surface area contributed by atoms with E-state index in [4.69, 9.17) is 0 Å². The van der Waals surface area contributed by atoms with Gasteiger partial charge in [0.15, 0.2) is 0 Å². The van der Waals surface area contributed by atoms with Crippen molar-refractivity contribution in [3.8, 4) is 0 Å². The van der Waals surface area contributed by atoms with Crippen molar-refractivity contribution in [3.63, 3.8) is 0 Å². The first-order valence-corrected chi connectivity index (χ1v) is 7.58. The monoisotopic (exact) mass is 292 g/mol. The molecule has 0 saturated carbocycles. The zero-order chi connectivity index (χ0) is 15.6. The first kappa shape index (κ1) is 15.8. The average Bonchev–Trinajstić information content (AvgIpc) is 2.37. The number of anilines is 1. The number of hydrogen-bond acceptors (Lipinski definition) is 2. The quantitative estimate of drug-likeness (QED) is 0.908. The lowest BCUT2D eigenvalue weighted by atomic mass is 9.92. The molecule has 2 unspecified atom stereocenters. The molecule has 3 nitrogen and oxygen atoms in total. The number of carbonyl (C=O) groups is 1. The molecule has 1 aliphatic heterocycles. The molecule has 4 heteroatoms. The number of amides is 1. The molecule has 1 saturated heterocycles. The number of benzene rings is 1. The lowest BCUT2D eigenvalue weighted by Crippen LogP contribution is -2.52. The third kappa shape index (κ3) is 3.96. The zero-order valence-electron chi connectivity index (χ0n) is 13.3. The lowest BCUT2D eigenvalue weighted by molar-refractivity contribution is -0.129. The van der Waals surface area contributed by atoms with E-state index in [2.05, 4.69) is 12.2 Å². The molecule has 1 aliphatic rings. The molecule has 0 aliphatic carbocycles. The van der Waals surface area contributed by atoms with Crippen LogP contribution in [0.5, 0.6) is 0 Å². The molecule has 0 aromatic heterocycles. The standard InChI is InChI=1S/C17H25FN2O/c1-12-9-13(19-16(21)17(2,3)4)11-20(10-12)15-8-6-5-7-14(15)18/h5-8,12-13H,9-11H2,1-4H3,(H,19,21). The van der Waals surface area contributed by atoms with Crippen molar-refractivity contribution in [2.45, 2.75) is 40.2 Å². The maximum Gasteiger partial charge on any atom is 0.225 e. The number of rotatable bonds is 2. The van der Waals surface area contributed by atoms with Crippen LogP contribution in [0.3, 0.4) is 0 Å². The molecule has 1 amide bonds. The molecule has 21 heavy (non-hydrogen) atoms. The molecule has 0 radical (unpaired) electrons. The molecular weight excluding hydrogens is 267 g/mol. The highest BCUT2D eigenvalue weighted by Crippen LogP contribution is 2.26. The van der Waals surface area contributed by atoms with Crippen molar-refractivity contribution in [2.75, 3.05) is 18.0 Å². The van der Waals surface area contributed by atoms with Gasteiger partial charge in [0.2, 0.25) is 5.91 Å². The Bertz CT molecular complexity index is 510. The van der Waals surface area contributed by atoms with E-state index in [1.807, 2.05) is 31.7 Å². The van der Waals surface area contributed by atoms with E-state index in [0.29, 0.717) is 18.2 Å². The summed E-state index contributed by atoms with van der Waals surface area (Å²) >= 11 is 0. The fourth-order valence-electron chi connectivity index (χ4n) is 2.76. The topological polar surface area (TPSA) is 32.3 Å². The van der Waals surface area contributed by atoms with Crippen LogP contribution in [0.15, 0.2) is 24.3 Å². The molecule has 116 valence electrons. The van der Waals surface area contributed by atoms with E-state index in [1.54, 1.807) is 12.1 Å². The number of nitrogens with zero attached hydrogens (tertiary/aromatic N) is 1. The van der Waals surface area contributed by atoms with E-state index < -0.39 is 5.41 Å². The van der Waals surface area contributed by atoms with Gasteiger partial charge in [-0.15, -0.1) is 0 Å². The Balaban J connectivity index is 2.10. The summed E-state index contributed by atoms with van der Waals surface area (Å²) < 4.78 is 14.0. The Morgan fingerprint density at radius 1 is 1.29 bits per heavy atom. The van der Waals surface area contributed by atoms with E-state index in [1.165, 1.54) is 6.07 Å². The number of nitrogens with one attached hydrogen (secondary N) is 1. The summed E-state index contributed by atoms with van der Waals surface area (Å²) in [5.74, 6) is 0.270. The summed E-state index contributed by atoms with van der Waals surface area (Å²) in [5, 5.41) is 3.11. The molecule has 1 aromatic carbocycles. The number of piperidine rings is 1. The van der Waals surface area contributed by atoms with Crippen LogP contribution in [0.25, 0.3) is 0 Å². The Kier molecular flexibility index (Phi) is 4.55. The second-order valence-electron chi connectivity index (χ2n) is 7.12. The van der Waals surface area contributed by atoms with Gasteiger partial charge in [-0.25, -0.2) is 4.39 Å². The van der Waals surface area contributed by atoms with Gasteiger partial charge in [0.25, 0.3) is 0 Å². The minimum atomic E-state index is -0.399. The van der Waals surface area contributed by atoms with Crippen molar-refractivity contribution in [1.29, 1.82) is 0 Å². The highest BCUT2D eigenvalue weighted by atomic mass is 19.1. The fourth-order valence-corrected chi connectivity index (χ4v) is 2.76. The van der Waals surface area contributed by atoms with Gasteiger partial charge < -0.3 is 10.2 Å². The van der Waals surface area contributed by atoms with Crippen LogP contribution in [0.2, 0.25) is 0 Å². The Morgan fingerprint density at radius 3 is 2.57 bits per heavy atom. The fraction of sp³-hybridized carbons (Fsp3) is 0.588. The minimum absolute atomic E-state index is 0.0510. The molecule has 2 atom stereocenters. The van der Waals surface area contributed by atoms with Crippen molar-refractivity contribution < 1.29 is 9.18 Å². The summed E-state index contributed by atoms with van der Waals surface area (Å²) in [6, 6.07) is 6.90. The Labute approximate surface area is 126 Å². The largest absolute Gasteiger partial charge is 0.367 e. The van der Waals surface area contributed by atoms with Crippen molar-refractivity contribution in [3.05, 3.63) is 30.1 Å².